The molecule has 0 bridgehead atoms. The lowest BCUT2D eigenvalue weighted by molar-refractivity contribution is -0.114. The predicted molar refractivity (Wildman–Crippen MR) is 117 cm³/mol. The Morgan fingerprint density at radius 3 is 2.33 bits per heavy atom. The summed E-state index contributed by atoms with van der Waals surface area (Å²) in [6.45, 7) is -0.433. The lowest BCUT2D eigenvalue weighted by Crippen LogP contribution is -2.38. The molecule has 1 N–H and O–H groups in total. The first-order valence-corrected chi connectivity index (χ1v) is 10.8. The van der Waals surface area contributed by atoms with Crippen LogP contribution >= 0.6 is 11.6 Å². The normalized spacial score (nSPS) is 10.8. The van der Waals surface area contributed by atoms with Crippen LogP contribution in [0.15, 0.2) is 83.8 Å². The highest BCUT2D eigenvalue weighted by Gasteiger charge is 2.27. The van der Waals surface area contributed by atoms with Gasteiger partial charge in [-0.15, -0.1) is 0 Å². The number of sulfonamides is 1. The number of rotatable bonds is 7. The predicted octanol–water partition coefficient (Wildman–Crippen LogP) is 4.24. The van der Waals surface area contributed by atoms with Gasteiger partial charge in [0.25, 0.3) is 10.0 Å². The molecule has 0 atom stereocenters. The summed E-state index contributed by atoms with van der Waals surface area (Å²) in [4.78, 5) is 12.7. The quantitative estimate of drug-likeness (QED) is 0.596. The number of hydrogen-bond donors (Lipinski definition) is 1. The maximum atomic E-state index is 13.2. The summed E-state index contributed by atoms with van der Waals surface area (Å²) in [5.41, 5.74) is 1.61. The molecule has 152 valence electrons. The minimum Gasteiger partial charge on any atom is -0.325 e. The van der Waals surface area contributed by atoms with Crippen LogP contribution in [0.2, 0.25) is 5.02 Å². The van der Waals surface area contributed by atoms with Crippen LogP contribution in [0, 0.1) is 11.3 Å². The molecule has 0 spiro atoms. The van der Waals surface area contributed by atoms with Crippen LogP contribution in [0.25, 0.3) is 0 Å². The number of amides is 1. The molecule has 3 aromatic carbocycles. The Morgan fingerprint density at radius 2 is 1.70 bits per heavy atom. The molecule has 0 saturated heterocycles. The third kappa shape index (κ3) is 5.17. The SMILES string of the molecule is N#CCc1ccc(NC(=O)CN(c2cccc(Cl)c2)S(=O)(=O)c2ccccc2)cc1. The van der Waals surface area contributed by atoms with E-state index >= 15 is 0 Å². The van der Waals surface area contributed by atoms with Crippen molar-refractivity contribution < 1.29 is 13.2 Å². The zero-order valence-corrected chi connectivity index (χ0v) is 17.4. The van der Waals surface area contributed by atoms with Gasteiger partial charge in [0.05, 0.1) is 23.1 Å². The van der Waals surface area contributed by atoms with E-state index in [4.69, 9.17) is 16.9 Å². The van der Waals surface area contributed by atoms with Crippen molar-refractivity contribution in [2.45, 2.75) is 11.3 Å². The molecule has 0 saturated carbocycles. The molecule has 1 amide bonds. The molecule has 0 aliphatic carbocycles. The van der Waals surface area contributed by atoms with E-state index < -0.39 is 22.5 Å². The number of carbonyl (C=O) groups excluding carboxylic acids is 1. The Hall–Kier alpha value is -3.34. The molecule has 0 aromatic heterocycles. The van der Waals surface area contributed by atoms with Gasteiger partial charge in [0.15, 0.2) is 0 Å². The number of halogens is 1. The van der Waals surface area contributed by atoms with Gasteiger partial charge in [-0.1, -0.05) is 48.0 Å². The lowest BCUT2D eigenvalue weighted by Gasteiger charge is -2.24. The molecule has 3 aromatic rings. The second kappa shape index (κ2) is 9.44. The van der Waals surface area contributed by atoms with Gasteiger partial charge in [-0.2, -0.15) is 5.26 Å². The molecule has 8 heteroatoms. The third-order valence-electron chi connectivity index (χ3n) is 4.24. The van der Waals surface area contributed by atoms with E-state index in [-0.39, 0.29) is 17.0 Å². The first-order valence-electron chi connectivity index (χ1n) is 8.99. The molecule has 6 nitrogen and oxygen atoms in total. The Bertz CT molecular complexity index is 1170. The Morgan fingerprint density at radius 1 is 1.00 bits per heavy atom. The van der Waals surface area contributed by atoms with Crippen molar-refractivity contribution in [2.75, 3.05) is 16.2 Å². The van der Waals surface area contributed by atoms with Crippen LogP contribution in [0.1, 0.15) is 5.56 Å². The van der Waals surface area contributed by atoms with Gasteiger partial charge in [0.1, 0.15) is 6.54 Å². The molecule has 30 heavy (non-hydrogen) atoms. The first-order chi connectivity index (χ1) is 14.4. The molecule has 0 radical (unpaired) electrons. The van der Waals surface area contributed by atoms with E-state index in [0.717, 1.165) is 9.87 Å². The fraction of sp³-hybridized carbons (Fsp3) is 0.0909. The van der Waals surface area contributed by atoms with Crippen LogP contribution < -0.4 is 9.62 Å². The lowest BCUT2D eigenvalue weighted by atomic mass is 10.1. The number of hydrogen-bond acceptors (Lipinski definition) is 4. The summed E-state index contributed by atoms with van der Waals surface area (Å²) in [6, 6.07) is 23.1. The summed E-state index contributed by atoms with van der Waals surface area (Å²) in [6.07, 6.45) is 0.270. The highest BCUT2D eigenvalue weighted by molar-refractivity contribution is 7.92. The van der Waals surface area contributed by atoms with Gasteiger partial charge < -0.3 is 5.32 Å². The molecule has 0 aliphatic heterocycles. The van der Waals surface area contributed by atoms with E-state index in [1.54, 1.807) is 60.7 Å². The van der Waals surface area contributed by atoms with Crippen molar-refractivity contribution >= 4 is 38.9 Å². The topological polar surface area (TPSA) is 90.3 Å². The van der Waals surface area contributed by atoms with Gasteiger partial charge in [-0.25, -0.2) is 8.42 Å². The number of nitrogens with one attached hydrogen (secondary N) is 1. The average molecular weight is 440 g/mol. The molecule has 0 unspecified atom stereocenters. The number of anilines is 2. The maximum absolute atomic E-state index is 13.2. The molecule has 0 fully saturated rings. The van der Waals surface area contributed by atoms with Crippen molar-refractivity contribution in [1.29, 1.82) is 5.26 Å². The monoisotopic (exact) mass is 439 g/mol. The first kappa shape index (κ1) is 21.4. The zero-order valence-electron chi connectivity index (χ0n) is 15.8. The molecule has 0 aliphatic rings. The van der Waals surface area contributed by atoms with E-state index in [2.05, 4.69) is 11.4 Å². The van der Waals surface area contributed by atoms with Crippen molar-refractivity contribution in [3.8, 4) is 6.07 Å². The number of nitrogens with zero attached hydrogens (tertiary/aromatic N) is 2. The second-order valence-corrected chi connectivity index (χ2v) is 8.68. The van der Waals surface area contributed by atoms with Crippen molar-refractivity contribution in [1.82, 2.24) is 0 Å². The van der Waals surface area contributed by atoms with Crippen LogP contribution in [0.4, 0.5) is 11.4 Å². The van der Waals surface area contributed by atoms with Crippen LogP contribution in [-0.2, 0) is 21.2 Å². The summed E-state index contributed by atoms with van der Waals surface area (Å²) >= 11 is 6.05. The van der Waals surface area contributed by atoms with Gasteiger partial charge in [0, 0.05) is 10.7 Å². The van der Waals surface area contributed by atoms with Crippen LogP contribution in [0.5, 0.6) is 0 Å². The summed E-state index contributed by atoms with van der Waals surface area (Å²) < 4.78 is 27.5. The fourth-order valence-corrected chi connectivity index (χ4v) is 4.41. The van der Waals surface area contributed by atoms with E-state index in [1.165, 1.54) is 18.2 Å². The zero-order chi connectivity index (χ0) is 21.6. The number of carbonyl (C=O) groups is 1. The standard InChI is InChI=1S/C22H18ClN3O3S/c23-18-5-4-6-20(15-18)26(30(28,29)21-7-2-1-3-8-21)16-22(27)25-19-11-9-17(10-12-19)13-14-24/h1-12,15H,13,16H2,(H,25,27). The fourth-order valence-electron chi connectivity index (χ4n) is 2.79. The molecule has 3 rings (SSSR count). The number of benzene rings is 3. The van der Waals surface area contributed by atoms with E-state index in [1.807, 2.05) is 0 Å². The maximum Gasteiger partial charge on any atom is 0.264 e. The molecular weight excluding hydrogens is 422 g/mol. The van der Waals surface area contributed by atoms with Gasteiger partial charge in [-0.05, 0) is 48.0 Å². The second-order valence-electron chi connectivity index (χ2n) is 6.38. The van der Waals surface area contributed by atoms with Gasteiger partial charge in [-0.3, -0.25) is 9.10 Å². The minimum absolute atomic E-state index is 0.0682. The van der Waals surface area contributed by atoms with Crippen molar-refractivity contribution in [3.05, 3.63) is 89.4 Å². The highest BCUT2D eigenvalue weighted by atomic mass is 35.5. The van der Waals surface area contributed by atoms with E-state index in [9.17, 15) is 13.2 Å². The summed E-state index contributed by atoms with van der Waals surface area (Å²) in [7, 11) is -3.99. The smallest absolute Gasteiger partial charge is 0.264 e. The Kier molecular flexibility index (Phi) is 6.72. The summed E-state index contributed by atoms with van der Waals surface area (Å²) in [5.74, 6) is -0.512. The Balaban J connectivity index is 1.87. The minimum atomic E-state index is -3.99. The number of nitriles is 1. The molecular formula is C22H18ClN3O3S. The van der Waals surface area contributed by atoms with Crippen molar-refractivity contribution in [3.63, 3.8) is 0 Å². The third-order valence-corrected chi connectivity index (χ3v) is 6.26. The van der Waals surface area contributed by atoms with E-state index in [0.29, 0.717) is 10.7 Å². The van der Waals surface area contributed by atoms with Crippen LogP contribution in [-0.4, -0.2) is 20.9 Å². The Labute approximate surface area is 180 Å². The summed E-state index contributed by atoms with van der Waals surface area (Å²) in [5, 5.41) is 11.8. The average Bonchev–Trinajstić information content (AvgIpc) is 2.74. The highest BCUT2D eigenvalue weighted by Crippen LogP contribution is 2.26. The van der Waals surface area contributed by atoms with Crippen molar-refractivity contribution in [2.24, 2.45) is 0 Å². The largest absolute Gasteiger partial charge is 0.325 e. The van der Waals surface area contributed by atoms with Gasteiger partial charge >= 0.3 is 0 Å². The van der Waals surface area contributed by atoms with Crippen LogP contribution in [0.3, 0.4) is 0 Å². The molecule has 0 heterocycles. The van der Waals surface area contributed by atoms with Gasteiger partial charge in [0.2, 0.25) is 5.91 Å².